The molecule has 12 rings (SSSR count). The van der Waals surface area contributed by atoms with E-state index in [0.29, 0.717) is 0 Å². The van der Waals surface area contributed by atoms with Crippen LogP contribution in [0.3, 0.4) is 0 Å². The molecule has 0 spiro atoms. The Balaban J connectivity index is 1.17. The van der Waals surface area contributed by atoms with Gasteiger partial charge in [0.05, 0.1) is 11.1 Å². The van der Waals surface area contributed by atoms with E-state index in [1.165, 1.54) is 92.3 Å². The van der Waals surface area contributed by atoms with Gasteiger partial charge in [0.15, 0.2) is 0 Å². The van der Waals surface area contributed by atoms with Crippen molar-refractivity contribution in [2.75, 3.05) is 4.90 Å². The molecular formula is C59H39NS. The van der Waals surface area contributed by atoms with Crippen LogP contribution in [-0.4, -0.2) is 0 Å². The first-order valence-corrected chi connectivity index (χ1v) is 21.8. The number of anilines is 3. The zero-order valence-electron chi connectivity index (χ0n) is 33.4. The second-order valence-corrected chi connectivity index (χ2v) is 17.1. The van der Waals surface area contributed by atoms with Crippen LogP contribution in [0.5, 0.6) is 0 Å². The van der Waals surface area contributed by atoms with E-state index in [0.717, 1.165) is 11.4 Å². The molecule has 0 saturated heterocycles. The monoisotopic (exact) mass is 793 g/mol. The fraction of sp³-hybridized carbons (Fsp3) is 0.0169. The predicted octanol–water partition coefficient (Wildman–Crippen LogP) is 16.4. The summed E-state index contributed by atoms with van der Waals surface area (Å²) in [6.07, 6.45) is 0. The maximum absolute atomic E-state index is 2.54. The maximum atomic E-state index is 2.54. The molecule has 0 amide bonds. The molecule has 0 fully saturated rings. The largest absolute Gasteiger partial charge is 0.309 e. The Labute approximate surface area is 360 Å². The highest BCUT2D eigenvalue weighted by molar-refractivity contribution is 7.25. The molecule has 0 atom stereocenters. The van der Waals surface area contributed by atoms with E-state index < -0.39 is 5.41 Å². The second kappa shape index (κ2) is 14.3. The second-order valence-electron chi connectivity index (χ2n) is 16.0. The topological polar surface area (TPSA) is 3.24 Å². The van der Waals surface area contributed by atoms with Crippen molar-refractivity contribution in [3.8, 4) is 33.4 Å². The van der Waals surface area contributed by atoms with E-state index >= 15 is 0 Å². The highest BCUT2D eigenvalue weighted by atomic mass is 32.1. The third-order valence-electron chi connectivity index (χ3n) is 12.7. The van der Waals surface area contributed by atoms with Crippen molar-refractivity contribution >= 4 is 59.3 Å². The minimum atomic E-state index is -0.542. The van der Waals surface area contributed by atoms with Crippen LogP contribution in [-0.2, 0) is 5.41 Å². The fourth-order valence-corrected chi connectivity index (χ4v) is 11.3. The van der Waals surface area contributed by atoms with E-state index in [1.54, 1.807) is 0 Å². The van der Waals surface area contributed by atoms with Crippen LogP contribution in [0.25, 0.3) is 64.3 Å². The van der Waals surface area contributed by atoms with E-state index in [1.807, 2.05) is 11.3 Å². The Hall–Kier alpha value is -7.52. The van der Waals surface area contributed by atoms with Crippen LogP contribution in [0.2, 0.25) is 0 Å². The summed E-state index contributed by atoms with van der Waals surface area (Å²) in [5.41, 5.74) is 15.3. The number of nitrogens with zero attached hydrogens (tertiary/aromatic N) is 1. The molecule has 61 heavy (non-hydrogen) atoms. The summed E-state index contributed by atoms with van der Waals surface area (Å²) in [5, 5.41) is 5.01. The Morgan fingerprint density at radius 1 is 0.344 bits per heavy atom. The number of hydrogen-bond donors (Lipinski definition) is 0. The van der Waals surface area contributed by atoms with Crippen molar-refractivity contribution in [3.05, 3.63) is 259 Å². The van der Waals surface area contributed by atoms with Gasteiger partial charge < -0.3 is 4.90 Å². The first-order chi connectivity index (χ1) is 30.3. The Morgan fingerprint density at radius 2 is 0.869 bits per heavy atom. The molecule has 1 aromatic heterocycles. The summed E-state index contributed by atoms with van der Waals surface area (Å²) >= 11 is 1.87. The molecule has 10 aromatic carbocycles. The van der Waals surface area contributed by atoms with Gasteiger partial charge in [-0.05, 0) is 91.9 Å². The van der Waals surface area contributed by atoms with Gasteiger partial charge in [0.2, 0.25) is 0 Å². The van der Waals surface area contributed by atoms with Crippen LogP contribution in [0.15, 0.2) is 237 Å². The molecule has 0 radical (unpaired) electrons. The Kier molecular flexibility index (Phi) is 8.33. The van der Waals surface area contributed by atoms with Crippen molar-refractivity contribution in [1.29, 1.82) is 0 Å². The lowest BCUT2D eigenvalue weighted by molar-refractivity contribution is 0.769. The lowest BCUT2D eigenvalue weighted by Crippen LogP contribution is -2.28. The molecule has 1 heterocycles. The van der Waals surface area contributed by atoms with Gasteiger partial charge in [0.1, 0.15) is 0 Å². The standard InChI is InChI=1S/C59H39NS/c1-4-18-40(19-5-1)47-25-12-13-26-48(47)41-32-34-45(35-33-41)60(46-36-37-51-50-28-15-17-31-55(50)61-56(51)39-46)58-49-27-11-10-20-42(49)38-54-57(58)52-29-14-16-30-53(52)59(54,43-21-6-2-7-22-43)44-23-8-3-9-24-44/h1-39H. The van der Waals surface area contributed by atoms with Crippen LogP contribution in [0.1, 0.15) is 22.3 Å². The molecule has 11 aromatic rings. The molecule has 0 aliphatic heterocycles. The molecule has 0 saturated carbocycles. The summed E-state index contributed by atoms with van der Waals surface area (Å²) in [6.45, 7) is 0. The molecule has 2 heteroatoms. The average molecular weight is 794 g/mol. The van der Waals surface area contributed by atoms with Gasteiger partial charge in [-0.3, -0.25) is 0 Å². The fourth-order valence-electron chi connectivity index (χ4n) is 10.1. The van der Waals surface area contributed by atoms with Crippen molar-refractivity contribution in [3.63, 3.8) is 0 Å². The molecule has 1 nitrogen and oxygen atoms in total. The minimum Gasteiger partial charge on any atom is -0.309 e. The minimum absolute atomic E-state index is 0.542. The molecule has 1 aliphatic carbocycles. The number of rotatable bonds is 7. The highest BCUT2D eigenvalue weighted by Gasteiger charge is 2.48. The molecule has 286 valence electrons. The number of benzene rings is 10. The summed E-state index contributed by atoms with van der Waals surface area (Å²) in [5.74, 6) is 0. The SMILES string of the molecule is c1ccc(-c2ccccc2-c2ccc(N(c3ccc4c(c3)sc3ccccc34)c3c4c(cc5ccccc35)C(c3ccccc3)(c3ccccc3)c3ccccc3-4)cc2)cc1. The van der Waals surface area contributed by atoms with Gasteiger partial charge in [-0.1, -0.05) is 200 Å². The van der Waals surface area contributed by atoms with E-state index in [-0.39, 0.29) is 0 Å². The lowest BCUT2D eigenvalue weighted by Gasteiger charge is -2.35. The van der Waals surface area contributed by atoms with Crippen LogP contribution in [0.4, 0.5) is 17.1 Å². The number of thiophene rings is 1. The van der Waals surface area contributed by atoms with Crippen molar-refractivity contribution < 1.29 is 0 Å². The van der Waals surface area contributed by atoms with E-state index in [9.17, 15) is 0 Å². The lowest BCUT2D eigenvalue weighted by atomic mass is 9.67. The molecule has 0 bridgehead atoms. The van der Waals surface area contributed by atoms with Gasteiger partial charge in [-0.15, -0.1) is 11.3 Å². The van der Waals surface area contributed by atoms with Crippen molar-refractivity contribution in [2.24, 2.45) is 0 Å². The van der Waals surface area contributed by atoms with Crippen LogP contribution in [0, 0.1) is 0 Å². The van der Waals surface area contributed by atoms with E-state index in [4.69, 9.17) is 0 Å². The third-order valence-corrected chi connectivity index (χ3v) is 13.9. The summed E-state index contributed by atoms with van der Waals surface area (Å²) in [7, 11) is 0. The molecule has 0 N–H and O–H groups in total. The normalized spacial score (nSPS) is 12.7. The highest BCUT2D eigenvalue weighted by Crippen LogP contribution is 2.61. The smallest absolute Gasteiger partial charge is 0.0714 e. The zero-order valence-corrected chi connectivity index (χ0v) is 34.2. The molecule has 0 unspecified atom stereocenters. The first-order valence-electron chi connectivity index (χ1n) is 21.0. The van der Waals surface area contributed by atoms with Gasteiger partial charge in [0, 0.05) is 42.5 Å². The Morgan fingerprint density at radius 3 is 1.57 bits per heavy atom. The maximum Gasteiger partial charge on any atom is 0.0714 e. The third kappa shape index (κ3) is 5.53. The van der Waals surface area contributed by atoms with Crippen LogP contribution < -0.4 is 4.90 Å². The predicted molar refractivity (Wildman–Crippen MR) is 260 cm³/mol. The summed E-state index contributed by atoms with van der Waals surface area (Å²) in [4.78, 5) is 2.54. The first kappa shape index (κ1) is 35.4. The van der Waals surface area contributed by atoms with Gasteiger partial charge in [-0.25, -0.2) is 0 Å². The summed E-state index contributed by atoms with van der Waals surface area (Å²) < 4.78 is 2.58. The quantitative estimate of drug-likeness (QED) is 0.155. The van der Waals surface area contributed by atoms with Gasteiger partial charge in [0.25, 0.3) is 0 Å². The molecule has 1 aliphatic rings. The van der Waals surface area contributed by atoms with Crippen molar-refractivity contribution in [1.82, 2.24) is 0 Å². The number of hydrogen-bond acceptors (Lipinski definition) is 2. The van der Waals surface area contributed by atoms with E-state index in [2.05, 4.69) is 241 Å². The molecular weight excluding hydrogens is 755 g/mol. The van der Waals surface area contributed by atoms with Gasteiger partial charge >= 0.3 is 0 Å². The van der Waals surface area contributed by atoms with Gasteiger partial charge in [-0.2, -0.15) is 0 Å². The summed E-state index contributed by atoms with van der Waals surface area (Å²) in [6, 6.07) is 87.4. The Bertz CT molecular complexity index is 3360. The average Bonchev–Trinajstić information content (AvgIpc) is 3.86. The zero-order chi connectivity index (χ0) is 40.3. The van der Waals surface area contributed by atoms with Crippen LogP contribution >= 0.6 is 11.3 Å². The van der Waals surface area contributed by atoms with Crippen molar-refractivity contribution in [2.45, 2.75) is 5.41 Å². The number of fused-ring (bicyclic) bond motifs is 7.